The molecule has 0 atom stereocenters. The lowest BCUT2D eigenvalue weighted by molar-refractivity contribution is -0.124. The topological polar surface area (TPSA) is 29.5 Å². The minimum atomic E-state index is -1.09. The molecular formula is C12H11O2P. The molecule has 15 heavy (non-hydrogen) atoms. The van der Waals surface area contributed by atoms with Crippen molar-refractivity contribution in [1.82, 2.24) is 0 Å². The van der Waals surface area contributed by atoms with Gasteiger partial charge < -0.3 is 0 Å². The van der Waals surface area contributed by atoms with Crippen LogP contribution in [0.15, 0.2) is 60.7 Å². The normalized spacial score (nSPS) is 10.5. The van der Waals surface area contributed by atoms with Crippen molar-refractivity contribution in [2.75, 3.05) is 0 Å². The van der Waals surface area contributed by atoms with E-state index in [1.165, 1.54) is 0 Å². The van der Waals surface area contributed by atoms with Crippen LogP contribution in [0.3, 0.4) is 0 Å². The van der Waals surface area contributed by atoms with E-state index in [1.807, 2.05) is 60.7 Å². The molecule has 0 saturated heterocycles. The van der Waals surface area contributed by atoms with E-state index in [0.717, 1.165) is 10.6 Å². The van der Waals surface area contributed by atoms with E-state index in [-0.39, 0.29) is 0 Å². The molecule has 0 fully saturated rings. The summed E-state index contributed by atoms with van der Waals surface area (Å²) in [5.74, 6) is 0. The molecule has 2 nitrogen and oxygen atoms in total. The highest BCUT2D eigenvalue weighted by atomic mass is 31.1. The molecule has 0 saturated carbocycles. The number of benzene rings is 2. The van der Waals surface area contributed by atoms with Crippen LogP contribution in [0.1, 0.15) is 0 Å². The first-order chi connectivity index (χ1) is 7.42. The zero-order valence-corrected chi connectivity index (χ0v) is 8.97. The second-order valence-corrected chi connectivity index (χ2v) is 4.83. The van der Waals surface area contributed by atoms with E-state index < -0.39 is 8.15 Å². The van der Waals surface area contributed by atoms with Gasteiger partial charge in [-0.25, -0.2) is 9.93 Å². The van der Waals surface area contributed by atoms with Gasteiger partial charge in [0.25, 0.3) is 0 Å². The van der Waals surface area contributed by atoms with Gasteiger partial charge in [0, 0.05) is 10.6 Å². The van der Waals surface area contributed by atoms with Crippen LogP contribution in [0.25, 0.3) is 0 Å². The highest BCUT2D eigenvalue weighted by molar-refractivity contribution is 7.68. The Labute approximate surface area is 89.9 Å². The van der Waals surface area contributed by atoms with Gasteiger partial charge in [0.2, 0.25) is 0 Å². The Balaban J connectivity index is 2.34. The predicted molar refractivity (Wildman–Crippen MR) is 62.8 cm³/mol. The molecule has 0 aromatic heterocycles. The first-order valence-electron chi connectivity index (χ1n) is 4.63. The third-order valence-corrected chi connectivity index (χ3v) is 3.76. The number of hydrogen-bond donors (Lipinski definition) is 1. The number of hydrogen-bond acceptors (Lipinski definition) is 2. The molecule has 0 heterocycles. The Bertz CT molecular complexity index is 363. The Kier molecular flexibility index (Phi) is 3.46. The summed E-state index contributed by atoms with van der Waals surface area (Å²) in [6, 6.07) is 19.4. The van der Waals surface area contributed by atoms with Crippen molar-refractivity contribution in [3.05, 3.63) is 60.7 Å². The van der Waals surface area contributed by atoms with Crippen molar-refractivity contribution in [2.45, 2.75) is 0 Å². The first kappa shape index (κ1) is 10.3. The van der Waals surface area contributed by atoms with E-state index in [4.69, 9.17) is 5.26 Å². The Morgan fingerprint density at radius 3 is 1.47 bits per heavy atom. The SMILES string of the molecule is OOP(c1ccccc1)c1ccccc1. The van der Waals surface area contributed by atoms with Gasteiger partial charge in [-0.1, -0.05) is 60.7 Å². The average Bonchev–Trinajstić information content (AvgIpc) is 2.33. The molecule has 0 amide bonds. The van der Waals surface area contributed by atoms with Gasteiger partial charge in [0.15, 0.2) is 0 Å². The predicted octanol–water partition coefficient (Wildman–Crippen LogP) is 2.52. The Morgan fingerprint density at radius 2 is 1.13 bits per heavy atom. The fraction of sp³-hybridized carbons (Fsp3) is 0. The van der Waals surface area contributed by atoms with Gasteiger partial charge in [0.1, 0.15) is 8.15 Å². The lowest BCUT2D eigenvalue weighted by atomic mass is 10.4. The van der Waals surface area contributed by atoms with E-state index in [0.29, 0.717) is 0 Å². The molecule has 3 heteroatoms. The van der Waals surface area contributed by atoms with Crippen LogP contribution >= 0.6 is 8.15 Å². The van der Waals surface area contributed by atoms with Gasteiger partial charge in [-0.05, 0) is 0 Å². The third kappa shape index (κ3) is 2.42. The van der Waals surface area contributed by atoms with E-state index in [1.54, 1.807) is 0 Å². The van der Waals surface area contributed by atoms with Crippen LogP contribution in [-0.4, -0.2) is 5.26 Å². The van der Waals surface area contributed by atoms with Gasteiger partial charge >= 0.3 is 0 Å². The highest BCUT2D eigenvalue weighted by Gasteiger charge is 2.13. The molecular weight excluding hydrogens is 207 g/mol. The molecule has 0 bridgehead atoms. The second kappa shape index (κ2) is 5.04. The van der Waals surface area contributed by atoms with Crippen LogP contribution < -0.4 is 10.6 Å². The molecule has 0 unspecified atom stereocenters. The summed E-state index contributed by atoms with van der Waals surface area (Å²) in [4.78, 5) is 0. The van der Waals surface area contributed by atoms with Crippen molar-refractivity contribution in [3.8, 4) is 0 Å². The van der Waals surface area contributed by atoms with Gasteiger partial charge in [-0.15, -0.1) is 0 Å². The molecule has 0 aliphatic carbocycles. The maximum atomic E-state index is 8.96. The maximum absolute atomic E-state index is 8.96. The van der Waals surface area contributed by atoms with Crippen molar-refractivity contribution in [2.24, 2.45) is 0 Å². The smallest absolute Gasteiger partial charge is 0.133 e. The summed E-state index contributed by atoms with van der Waals surface area (Å²) >= 11 is 0. The molecule has 76 valence electrons. The largest absolute Gasteiger partial charge is 0.248 e. The van der Waals surface area contributed by atoms with Crippen molar-refractivity contribution in [1.29, 1.82) is 0 Å². The van der Waals surface area contributed by atoms with E-state index in [9.17, 15) is 0 Å². The van der Waals surface area contributed by atoms with Gasteiger partial charge in [0.05, 0.1) is 0 Å². The standard InChI is InChI=1S/C12H11O2P/c13-14-15(11-7-3-1-4-8-11)12-9-5-2-6-10-12/h1-10,13H. The zero-order valence-electron chi connectivity index (χ0n) is 8.08. The molecule has 0 aliphatic rings. The zero-order chi connectivity index (χ0) is 10.5. The molecule has 0 radical (unpaired) electrons. The fourth-order valence-corrected chi connectivity index (χ4v) is 2.74. The highest BCUT2D eigenvalue weighted by Crippen LogP contribution is 2.32. The van der Waals surface area contributed by atoms with Crippen LogP contribution in [-0.2, 0) is 4.67 Å². The molecule has 2 aromatic carbocycles. The van der Waals surface area contributed by atoms with Crippen LogP contribution in [0.5, 0.6) is 0 Å². The van der Waals surface area contributed by atoms with Crippen molar-refractivity contribution in [3.63, 3.8) is 0 Å². The summed E-state index contributed by atoms with van der Waals surface area (Å²) in [5.41, 5.74) is 0. The molecule has 2 rings (SSSR count). The molecule has 1 N–H and O–H groups in total. The lowest BCUT2D eigenvalue weighted by Crippen LogP contribution is -2.12. The second-order valence-electron chi connectivity index (χ2n) is 3.05. The van der Waals surface area contributed by atoms with E-state index >= 15 is 0 Å². The maximum Gasteiger partial charge on any atom is 0.133 e. The quantitative estimate of drug-likeness (QED) is 0.487. The number of rotatable bonds is 3. The Hall–Kier alpha value is -1.21. The molecule has 0 aliphatic heterocycles. The van der Waals surface area contributed by atoms with Gasteiger partial charge in [-0.3, -0.25) is 0 Å². The van der Waals surface area contributed by atoms with Crippen molar-refractivity contribution < 1.29 is 9.93 Å². The minimum absolute atomic E-state index is 1.00. The first-order valence-corrected chi connectivity index (χ1v) is 5.89. The molecule has 2 aromatic rings. The summed E-state index contributed by atoms with van der Waals surface area (Å²) in [5, 5.41) is 11.0. The summed E-state index contributed by atoms with van der Waals surface area (Å²) in [6.45, 7) is 0. The van der Waals surface area contributed by atoms with Crippen LogP contribution in [0.4, 0.5) is 0 Å². The Morgan fingerprint density at radius 1 is 0.733 bits per heavy atom. The minimum Gasteiger partial charge on any atom is -0.248 e. The monoisotopic (exact) mass is 218 g/mol. The average molecular weight is 218 g/mol. The van der Waals surface area contributed by atoms with Crippen LogP contribution in [0, 0.1) is 0 Å². The van der Waals surface area contributed by atoms with Crippen LogP contribution in [0.2, 0.25) is 0 Å². The van der Waals surface area contributed by atoms with Crippen molar-refractivity contribution >= 4 is 18.8 Å². The fourth-order valence-electron chi connectivity index (χ4n) is 1.37. The summed E-state index contributed by atoms with van der Waals surface area (Å²) < 4.78 is 4.59. The van der Waals surface area contributed by atoms with E-state index in [2.05, 4.69) is 4.67 Å². The lowest BCUT2D eigenvalue weighted by Gasteiger charge is -2.12. The third-order valence-electron chi connectivity index (χ3n) is 2.06. The van der Waals surface area contributed by atoms with Gasteiger partial charge in [-0.2, -0.15) is 0 Å². The molecule has 0 spiro atoms. The summed E-state index contributed by atoms with van der Waals surface area (Å²) in [6.07, 6.45) is 0. The summed E-state index contributed by atoms with van der Waals surface area (Å²) in [7, 11) is -1.09.